The van der Waals surface area contributed by atoms with Crippen molar-refractivity contribution in [1.29, 1.82) is 0 Å². The van der Waals surface area contributed by atoms with Crippen molar-refractivity contribution >= 4 is 23.3 Å². The lowest BCUT2D eigenvalue weighted by molar-refractivity contribution is -0.142. The summed E-state index contributed by atoms with van der Waals surface area (Å²) in [6.07, 6.45) is 0.764. The Balaban J connectivity index is 1.70. The van der Waals surface area contributed by atoms with E-state index in [1.807, 2.05) is 16.8 Å². The molecule has 104 valence electrons. The van der Waals surface area contributed by atoms with Crippen LogP contribution in [0.3, 0.4) is 0 Å². The number of carboxylic acid groups (broad SMARTS) is 1. The summed E-state index contributed by atoms with van der Waals surface area (Å²) in [5.74, 6) is -1.61. The van der Waals surface area contributed by atoms with Gasteiger partial charge in [-0.1, -0.05) is 0 Å². The van der Waals surface area contributed by atoms with Gasteiger partial charge < -0.3 is 20.5 Å². The highest BCUT2D eigenvalue weighted by molar-refractivity contribution is 7.07. The quantitative estimate of drug-likeness (QED) is 0.742. The Labute approximate surface area is 114 Å². The highest BCUT2D eigenvalue weighted by atomic mass is 32.1. The van der Waals surface area contributed by atoms with Crippen LogP contribution < -0.4 is 10.6 Å². The third kappa shape index (κ3) is 3.93. The van der Waals surface area contributed by atoms with Crippen molar-refractivity contribution in [2.45, 2.75) is 12.5 Å². The first-order chi connectivity index (χ1) is 9.16. The van der Waals surface area contributed by atoms with Gasteiger partial charge in [0.25, 0.3) is 0 Å². The standard InChI is InChI=1S/C12H16N2O4S/c15-11(16)9-5-18-6-10(9)14-12(17)13-3-1-8-2-4-19-7-8/h2,4,7,9-10H,1,3,5-6H2,(H,15,16)(H2,13,14,17). The summed E-state index contributed by atoms with van der Waals surface area (Å²) in [6, 6.07) is 1.20. The molecule has 0 aliphatic carbocycles. The third-order valence-electron chi connectivity index (χ3n) is 2.99. The van der Waals surface area contributed by atoms with E-state index in [0.717, 1.165) is 6.42 Å². The lowest BCUT2D eigenvalue weighted by Gasteiger charge is -2.16. The maximum Gasteiger partial charge on any atom is 0.315 e. The highest BCUT2D eigenvalue weighted by Crippen LogP contribution is 2.13. The predicted molar refractivity (Wildman–Crippen MR) is 70.3 cm³/mol. The lowest BCUT2D eigenvalue weighted by Crippen LogP contribution is -2.47. The minimum absolute atomic E-state index is 0.148. The van der Waals surface area contributed by atoms with E-state index in [1.165, 1.54) is 5.56 Å². The summed E-state index contributed by atoms with van der Waals surface area (Å²) in [7, 11) is 0. The zero-order chi connectivity index (χ0) is 13.7. The van der Waals surface area contributed by atoms with Crippen molar-refractivity contribution < 1.29 is 19.4 Å². The van der Waals surface area contributed by atoms with Crippen LogP contribution in [-0.2, 0) is 16.0 Å². The van der Waals surface area contributed by atoms with E-state index < -0.39 is 17.9 Å². The molecule has 2 unspecified atom stereocenters. The second kappa shape index (κ2) is 6.53. The minimum Gasteiger partial charge on any atom is -0.481 e. The molecular weight excluding hydrogens is 268 g/mol. The van der Waals surface area contributed by atoms with E-state index in [1.54, 1.807) is 11.3 Å². The molecule has 0 spiro atoms. The summed E-state index contributed by atoms with van der Waals surface area (Å²) in [5.41, 5.74) is 1.18. The summed E-state index contributed by atoms with van der Waals surface area (Å²) >= 11 is 1.62. The summed E-state index contributed by atoms with van der Waals surface area (Å²) < 4.78 is 5.07. The minimum atomic E-state index is -0.943. The Kier molecular flexibility index (Phi) is 4.75. The number of rotatable bonds is 5. The van der Waals surface area contributed by atoms with Crippen LogP contribution in [0, 0.1) is 5.92 Å². The lowest BCUT2D eigenvalue weighted by atomic mass is 10.0. The summed E-state index contributed by atoms with van der Waals surface area (Å²) in [5, 5.41) is 18.3. The SMILES string of the molecule is O=C(NCCc1ccsc1)NC1COCC1C(=O)O. The van der Waals surface area contributed by atoms with Crippen molar-refractivity contribution in [3.8, 4) is 0 Å². The fourth-order valence-electron chi connectivity index (χ4n) is 1.91. The average Bonchev–Trinajstić information content (AvgIpc) is 2.99. The van der Waals surface area contributed by atoms with Gasteiger partial charge in [-0.15, -0.1) is 0 Å². The number of aliphatic carboxylic acids is 1. The van der Waals surface area contributed by atoms with Crippen molar-refractivity contribution in [2.75, 3.05) is 19.8 Å². The predicted octanol–water partition coefficient (Wildman–Crippen LogP) is 0.689. The number of hydrogen-bond donors (Lipinski definition) is 3. The highest BCUT2D eigenvalue weighted by Gasteiger charge is 2.34. The zero-order valence-electron chi connectivity index (χ0n) is 10.3. The van der Waals surface area contributed by atoms with Gasteiger partial charge in [-0.2, -0.15) is 11.3 Å². The molecule has 1 aromatic heterocycles. The molecule has 0 radical (unpaired) electrons. The van der Waals surface area contributed by atoms with Gasteiger partial charge in [0.2, 0.25) is 0 Å². The van der Waals surface area contributed by atoms with Gasteiger partial charge in [-0.25, -0.2) is 4.79 Å². The van der Waals surface area contributed by atoms with Crippen LogP contribution in [-0.4, -0.2) is 42.9 Å². The maximum absolute atomic E-state index is 11.6. The van der Waals surface area contributed by atoms with Gasteiger partial charge in [0.05, 0.1) is 19.3 Å². The van der Waals surface area contributed by atoms with Crippen LogP contribution in [0.25, 0.3) is 0 Å². The second-order valence-corrected chi connectivity index (χ2v) is 5.15. The summed E-state index contributed by atoms with van der Waals surface area (Å²) in [4.78, 5) is 22.5. The van der Waals surface area contributed by atoms with E-state index in [-0.39, 0.29) is 19.2 Å². The average molecular weight is 284 g/mol. The molecule has 0 bridgehead atoms. The van der Waals surface area contributed by atoms with Crippen LogP contribution in [0.5, 0.6) is 0 Å². The molecule has 1 fully saturated rings. The molecule has 1 aliphatic heterocycles. The molecule has 2 amide bonds. The van der Waals surface area contributed by atoms with Gasteiger partial charge in [0.15, 0.2) is 0 Å². The molecule has 1 saturated heterocycles. The molecule has 3 N–H and O–H groups in total. The number of carbonyl (C=O) groups excluding carboxylic acids is 1. The van der Waals surface area contributed by atoms with Crippen LogP contribution in [0.2, 0.25) is 0 Å². The first-order valence-corrected chi connectivity index (χ1v) is 6.97. The van der Waals surface area contributed by atoms with Crippen molar-refractivity contribution in [3.63, 3.8) is 0 Å². The molecule has 2 atom stereocenters. The molecule has 0 aromatic carbocycles. The molecule has 6 nitrogen and oxygen atoms in total. The number of nitrogens with one attached hydrogen (secondary N) is 2. The third-order valence-corrected chi connectivity index (χ3v) is 3.73. The van der Waals surface area contributed by atoms with Gasteiger partial charge in [0, 0.05) is 6.54 Å². The number of thiophene rings is 1. The normalized spacial score (nSPS) is 22.1. The Morgan fingerprint density at radius 1 is 1.47 bits per heavy atom. The van der Waals surface area contributed by atoms with Gasteiger partial charge in [0.1, 0.15) is 5.92 Å². The van der Waals surface area contributed by atoms with Crippen molar-refractivity contribution in [2.24, 2.45) is 5.92 Å². The number of carboxylic acids is 1. The van der Waals surface area contributed by atoms with E-state index in [4.69, 9.17) is 9.84 Å². The van der Waals surface area contributed by atoms with Gasteiger partial charge in [-0.3, -0.25) is 4.79 Å². The van der Waals surface area contributed by atoms with Crippen LogP contribution >= 0.6 is 11.3 Å². The number of urea groups is 1. The summed E-state index contributed by atoms with van der Waals surface area (Å²) in [6.45, 7) is 0.915. The smallest absolute Gasteiger partial charge is 0.315 e. The Morgan fingerprint density at radius 3 is 3.00 bits per heavy atom. The zero-order valence-corrected chi connectivity index (χ0v) is 11.1. The van der Waals surface area contributed by atoms with Crippen LogP contribution in [0.4, 0.5) is 4.79 Å². The number of amides is 2. The van der Waals surface area contributed by atoms with Crippen molar-refractivity contribution in [1.82, 2.24) is 10.6 Å². The van der Waals surface area contributed by atoms with E-state index in [9.17, 15) is 9.59 Å². The fourth-order valence-corrected chi connectivity index (χ4v) is 2.62. The Hall–Kier alpha value is -1.60. The van der Waals surface area contributed by atoms with Gasteiger partial charge in [-0.05, 0) is 28.8 Å². The van der Waals surface area contributed by atoms with Crippen LogP contribution in [0.15, 0.2) is 16.8 Å². The molecule has 2 rings (SSSR count). The van der Waals surface area contributed by atoms with Crippen LogP contribution in [0.1, 0.15) is 5.56 Å². The topological polar surface area (TPSA) is 87.7 Å². The Morgan fingerprint density at radius 2 is 2.32 bits per heavy atom. The monoisotopic (exact) mass is 284 g/mol. The second-order valence-electron chi connectivity index (χ2n) is 4.37. The molecule has 19 heavy (non-hydrogen) atoms. The fraction of sp³-hybridized carbons (Fsp3) is 0.500. The molecule has 7 heteroatoms. The first-order valence-electron chi connectivity index (χ1n) is 6.03. The molecule has 2 heterocycles. The van der Waals surface area contributed by atoms with Crippen molar-refractivity contribution in [3.05, 3.63) is 22.4 Å². The molecule has 1 aromatic rings. The van der Waals surface area contributed by atoms with E-state index in [0.29, 0.717) is 6.54 Å². The number of ether oxygens (including phenoxy) is 1. The first kappa shape index (κ1) is 13.8. The molecule has 1 aliphatic rings. The van der Waals surface area contributed by atoms with Gasteiger partial charge >= 0.3 is 12.0 Å². The Bertz CT molecular complexity index is 435. The molecular formula is C12H16N2O4S. The largest absolute Gasteiger partial charge is 0.481 e. The molecule has 0 saturated carbocycles. The van der Waals surface area contributed by atoms with E-state index >= 15 is 0 Å². The number of carbonyl (C=O) groups is 2. The van der Waals surface area contributed by atoms with E-state index in [2.05, 4.69) is 10.6 Å². The number of hydrogen-bond acceptors (Lipinski definition) is 4. The maximum atomic E-state index is 11.6.